The number of nitrogens with zero attached hydrogens (tertiary/aromatic N) is 2. The second-order valence-corrected chi connectivity index (χ2v) is 5.96. The second kappa shape index (κ2) is 4.99. The summed E-state index contributed by atoms with van der Waals surface area (Å²) in [5.41, 5.74) is 0.0381. The Morgan fingerprint density at radius 3 is 2.89 bits per heavy atom. The van der Waals surface area contributed by atoms with Crippen LogP contribution in [0.1, 0.15) is 5.56 Å². The first kappa shape index (κ1) is 13.5. The topological polar surface area (TPSA) is 98.6 Å². The molecule has 98 valence electrons. The lowest BCUT2D eigenvalue weighted by atomic mass is 10.3. The van der Waals surface area contributed by atoms with Crippen molar-refractivity contribution in [1.82, 2.24) is 10.2 Å². The summed E-state index contributed by atoms with van der Waals surface area (Å²) in [5.74, 6) is -0.757. The summed E-state index contributed by atoms with van der Waals surface area (Å²) < 4.78 is 39.6. The number of hydrogen-bond acceptors (Lipinski definition) is 4. The van der Waals surface area contributed by atoms with Crippen molar-refractivity contribution in [1.29, 1.82) is 5.26 Å². The van der Waals surface area contributed by atoms with Crippen LogP contribution >= 0.6 is 15.9 Å². The van der Waals surface area contributed by atoms with Gasteiger partial charge in [0.1, 0.15) is 22.3 Å². The van der Waals surface area contributed by atoms with Crippen molar-refractivity contribution < 1.29 is 12.8 Å². The zero-order chi connectivity index (χ0) is 14.0. The van der Waals surface area contributed by atoms with E-state index in [9.17, 15) is 12.8 Å². The number of anilines is 1. The molecule has 0 saturated carbocycles. The van der Waals surface area contributed by atoms with E-state index in [1.54, 1.807) is 6.07 Å². The number of hydrogen-bond donors (Lipinski definition) is 2. The van der Waals surface area contributed by atoms with Crippen molar-refractivity contribution in [2.75, 3.05) is 4.72 Å². The van der Waals surface area contributed by atoms with Gasteiger partial charge in [0.05, 0.1) is 6.20 Å². The quantitative estimate of drug-likeness (QED) is 0.889. The molecule has 6 nitrogen and oxygen atoms in total. The number of benzene rings is 1. The molecule has 2 rings (SSSR count). The maximum atomic E-state index is 13.1. The van der Waals surface area contributed by atoms with E-state index < -0.39 is 15.8 Å². The van der Waals surface area contributed by atoms with Gasteiger partial charge in [0, 0.05) is 4.47 Å². The Bertz CT molecular complexity index is 766. The number of halogens is 2. The molecule has 2 N–H and O–H groups in total. The van der Waals surface area contributed by atoms with Gasteiger partial charge in [-0.2, -0.15) is 10.4 Å². The van der Waals surface area contributed by atoms with E-state index in [1.807, 2.05) is 0 Å². The van der Waals surface area contributed by atoms with Gasteiger partial charge in [0.25, 0.3) is 10.0 Å². The largest absolute Gasteiger partial charge is 0.264 e. The summed E-state index contributed by atoms with van der Waals surface area (Å²) in [6.07, 6.45) is 1.18. The highest BCUT2D eigenvalue weighted by atomic mass is 79.9. The van der Waals surface area contributed by atoms with Crippen LogP contribution in [0.3, 0.4) is 0 Å². The predicted octanol–water partition coefficient (Wildman–Crippen LogP) is 1.98. The van der Waals surface area contributed by atoms with Crippen molar-refractivity contribution >= 4 is 31.8 Å². The van der Waals surface area contributed by atoms with Crippen LogP contribution in [0.2, 0.25) is 0 Å². The van der Waals surface area contributed by atoms with E-state index in [1.165, 1.54) is 12.3 Å². The average molecular weight is 345 g/mol. The van der Waals surface area contributed by atoms with Crippen molar-refractivity contribution in [3.8, 4) is 6.07 Å². The van der Waals surface area contributed by atoms with Gasteiger partial charge < -0.3 is 0 Å². The highest BCUT2D eigenvalue weighted by Gasteiger charge is 2.20. The Labute approximate surface area is 116 Å². The molecule has 0 aliphatic heterocycles. The molecular weight excluding hydrogens is 339 g/mol. The average Bonchev–Trinajstić information content (AvgIpc) is 2.78. The summed E-state index contributed by atoms with van der Waals surface area (Å²) >= 11 is 3.03. The first-order chi connectivity index (χ1) is 8.94. The van der Waals surface area contributed by atoms with Crippen LogP contribution < -0.4 is 4.72 Å². The molecule has 0 spiro atoms. The minimum Gasteiger partial charge on any atom is -0.263 e. The van der Waals surface area contributed by atoms with Crippen molar-refractivity contribution in [2.24, 2.45) is 0 Å². The van der Waals surface area contributed by atoms with Crippen molar-refractivity contribution in [2.45, 2.75) is 4.90 Å². The molecule has 1 heterocycles. The van der Waals surface area contributed by atoms with Crippen LogP contribution in [0.15, 0.2) is 33.8 Å². The van der Waals surface area contributed by atoms with Crippen molar-refractivity contribution in [3.63, 3.8) is 0 Å². The maximum Gasteiger partial charge on any atom is 0.264 e. The summed E-state index contributed by atoms with van der Waals surface area (Å²) in [4.78, 5) is -0.272. The molecule has 0 aliphatic rings. The van der Waals surface area contributed by atoms with Gasteiger partial charge in [0.15, 0.2) is 5.82 Å². The van der Waals surface area contributed by atoms with Gasteiger partial charge in [-0.05, 0) is 34.1 Å². The summed E-state index contributed by atoms with van der Waals surface area (Å²) in [5, 5.41) is 14.7. The summed E-state index contributed by atoms with van der Waals surface area (Å²) in [6, 6.07) is 5.04. The Morgan fingerprint density at radius 1 is 1.47 bits per heavy atom. The second-order valence-electron chi connectivity index (χ2n) is 3.45. The molecule has 0 saturated heterocycles. The number of rotatable bonds is 3. The molecule has 0 aliphatic carbocycles. The smallest absolute Gasteiger partial charge is 0.263 e. The first-order valence-electron chi connectivity index (χ1n) is 4.85. The lowest BCUT2D eigenvalue weighted by molar-refractivity contribution is 0.594. The lowest BCUT2D eigenvalue weighted by Gasteiger charge is -2.08. The number of aromatic amines is 1. The normalized spacial score (nSPS) is 11.0. The fourth-order valence-electron chi connectivity index (χ4n) is 1.32. The third kappa shape index (κ3) is 2.74. The van der Waals surface area contributed by atoms with Crippen LogP contribution in [0.25, 0.3) is 0 Å². The molecule has 0 unspecified atom stereocenters. The van der Waals surface area contributed by atoms with E-state index in [-0.39, 0.29) is 20.7 Å². The number of sulfonamides is 1. The van der Waals surface area contributed by atoms with Gasteiger partial charge in [0.2, 0.25) is 0 Å². The predicted molar refractivity (Wildman–Crippen MR) is 68.2 cm³/mol. The molecular formula is C10H6BrFN4O2S. The van der Waals surface area contributed by atoms with Gasteiger partial charge in [-0.3, -0.25) is 9.82 Å². The number of nitriles is 1. The molecule has 0 radical (unpaired) electrons. The maximum absolute atomic E-state index is 13.1. The van der Waals surface area contributed by atoms with Gasteiger partial charge >= 0.3 is 0 Å². The Morgan fingerprint density at radius 2 is 2.21 bits per heavy atom. The minimum atomic E-state index is -4.03. The highest BCUT2D eigenvalue weighted by Crippen LogP contribution is 2.25. The third-order valence-corrected chi connectivity index (χ3v) is 4.52. The van der Waals surface area contributed by atoms with Crippen LogP contribution in [0.4, 0.5) is 10.2 Å². The molecule has 2 aromatic rings. The molecule has 1 aromatic heterocycles. The summed E-state index contributed by atoms with van der Waals surface area (Å²) in [7, 11) is -4.03. The highest BCUT2D eigenvalue weighted by molar-refractivity contribution is 9.10. The van der Waals surface area contributed by atoms with Crippen LogP contribution in [0, 0.1) is 17.1 Å². The molecule has 0 fully saturated rings. The fourth-order valence-corrected chi connectivity index (χ4v) is 3.33. The molecule has 1 aromatic carbocycles. The van der Waals surface area contributed by atoms with Gasteiger partial charge in [-0.1, -0.05) is 0 Å². The van der Waals surface area contributed by atoms with E-state index in [2.05, 4.69) is 30.8 Å². The Balaban J connectivity index is 2.44. The van der Waals surface area contributed by atoms with Crippen LogP contribution in [-0.2, 0) is 10.0 Å². The van der Waals surface area contributed by atoms with Crippen LogP contribution in [-0.4, -0.2) is 18.6 Å². The number of aromatic nitrogens is 2. The number of H-pyrrole nitrogens is 1. The molecule has 0 amide bonds. The van der Waals surface area contributed by atoms with Gasteiger partial charge in [-0.25, -0.2) is 12.8 Å². The lowest BCUT2D eigenvalue weighted by Crippen LogP contribution is -2.15. The zero-order valence-electron chi connectivity index (χ0n) is 9.18. The molecule has 0 bridgehead atoms. The zero-order valence-corrected chi connectivity index (χ0v) is 11.6. The fraction of sp³-hybridized carbons (Fsp3) is 0. The minimum absolute atomic E-state index is 0.0381. The SMILES string of the molecule is N#Cc1cn[nH]c1NS(=O)(=O)c1cc(F)ccc1Br. The van der Waals surface area contributed by atoms with E-state index >= 15 is 0 Å². The standard InChI is InChI=1S/C10H6BrFN4O2S/c11-8-2-1-7(12)3-9(8)19(17,18)16-10-6(4-13)5-14-15-10/h1-3,5H,(H2,14,15,16). The van der Waals surface area contributed by atoms with Crippen LogP contribution in [0.5, 0.6) is 0 Å². The summed E-state index contributed by atoms with van der Waals surface area (Å²) in [6.45, 7) is 0. The molecule has 19 heavy (non-hydrogen) atoms. The van der Waals surface area contributed by atoms with E-state index in [0.717, 1.165) is 12.1 Å². The van der Waals surface area contributed by atoms with Crippen molar-refractivity contribution in [3.05, 3.63) is 40.2 Å². The number of nitrogens with one attached hydrogen (secondary N) is 2. The van der Waals surface area contributed by atoms with E-state index in [0.29, 0.717) is 0 Å². The Kier molecular flexibility index (Phi) is 3.55. The first-order valence-corrected chi connectivity index (χ1v) is 7.13. The third-order valence-electron chi connectivity index (χ3n) is 2.18. The Hall–Kier alpha value is -1.92. The monoisotopic (exact) mass is 344 g/mol. The molecule has 9 heteroatoms. The molecule has 0 atom stereocenters. The van der Waals surface area contributed by atoms with Gasteiger partial charge in [-0.15, -0.1) is 0 Å². The van der Waals surface area contributed by atoms with E-state index in [4.69, 9.17) is 5.26 Å².